The summed E-state index contributed by atoms with van der Waals surface area (Å²) in [6.45, 7) is -5.99. The van der Waals surface area contributed by atoms with Crippen LogP contribution in [0.25, 0.3) is 0 Å². The van der Waals surface area contributed by atoms with E-state index < -0.39 is 451 Å². The van der Waals surface area contributed by atoms with Gasteiger partial charge in [0.05, 0.1) is 84.3 Å². The molecular weight excluding hydrogens is 1950 g/mol. The fourth-order valence-corrected chi connectivity index (χ4v) is 18.3. The highest BCUT2D eigenvalue weighted by atomic mass is 16.8. The zero-order chi connectivity index (χ0) is 105. The first-order chi connectivity index (χ1) is 66.9. The third kappa shape index (κ3) is 26.0. The van der Waals surface area contributed by atoms with Gasteiger partial charge in [0.1, 0.15) is 256 Å². The molecule has 63 nitrogen and oxygen atoms in total. The van der Waals surface area contributed by atoms with Gasteiger partial charge in [-0.15, -0.1) is 0 Å². The molecule has 11 rings (SSSR count). The Balaban J connectivity index is 0.908. The first kappa shape index (κ1) is 117. The van der Waals surface area contributed by atoms with Gasteiger partial charge >= 0.3 is 5.97 Å². The monoisotopic (exact) mass is 2080 g/mol. The van der Waals surface area contributed by atoms with Gasteiger partial charge in [0.25, 0.3) is 5.79 Å². The second-order valence-corrected chi connectivity index (χ2v) is 36.0. The summed E-state index contributed by atoms with van der Waals surface area (Å²) in [5.41, 5.74) is 0. The summed E-state index contributed by atoms with van der Waals surface area (Å²) in [5.74, 6) is -10.0. The normalized spacial score (nSPS) is 48.0. The molecule has 0 aromatic carbocycles. The van der Waals surface area contributed by atoms with Crippen molar-refractivity contribution in [3.63, 3.8) is 0 Å². The van der Waals surface area contributed by atoms with Crippen LogP contribution >= 0.6 is 0 Å². The van der Waals surface area contributed by atoms with Crippen molar-refractivity contribution in [2.75, 3.05) is 66.1 Å². The van der Waals surface area contributed by atoms with Crippen LogP contribution in [0.5, 0.6) is 0 Å². The Morgan fingerprint density at radius 1 is 0.303 bits per heavy atom. The Kier molecular flexibility index (Phi) is 41.7. The average Bonchev–Trinajstić information content (AvgIpc) is 0.763. The van der Waals surface area contributed by atoms with E-state index in [1.54, 1.807) is 0 Å². The summed E-state index contributed by atoms with van der Waals surface area (Å²) in [7, 11) is 0. The van der Waals surface area contributed by atoms with Gasteiger partial charge in [-0.25, -0.2) is 4.79 Å². The van der Waals surface area contributed by atoms with E-state index in [-0.39, 0.29) is 0 Å². The third-order valence-corrected chi connectivity index (χ3v) is 25.9. The molecule has 11 aliphatic heterocycles. The van der Waals surface area contributed by atoms with E-state index >= 15 is 0 Å². The Labute approximate surface area is 803 Å². The number of carboxylic acid groups (broad SMARTS) is 1. The molecule has 11 fully saturated rings. The lowest BCUT2D eigenvalue weighted by Crippen LogP contribution is -2.71. The van der Waals surface area contributed by atoms with Crippen LogP contribution in [0.3, 0.4) is 0 Å². The van der Waals surface area contributed by atoms with Gasteiger partial charge in [0.15, 0.2) is 62.9 Å². The molecule has 0 aromatic heterocycles. The Hall–Kier alpha value is -5.22. The van der Waals surface area contributed by atoms with E-state index in [9.17, 15) is 187 Å². The van der Waals surface area contributed by atoms with Crippen molar-refractivity contribution in [1.29, 1.82) is 0 Å². The van der Waals surface area contributed by atoms with Crippen LogP contribution in [0.1, 0.15) is 48.0 Å². The van der Waals surface area contributed by atoms with Crippen molar-refractivity contribution < 1.29 is 287 Å². The number of aliphatic carboxylic acids is 1. The van der Waals surface area contributed by atoms with Crippen LogP contribution in [-0.4, -0.2) is 603 Å². The molecule has 0 spiro atoms. The SMILES string of the molecule is CC(=O)N[C@@H]1[C@H](O[C@@H]2[C@@H](O[C@@H]3[C@H](O)[C@H](O[C@H]4[C@H](O)[C@@H](NC(C)=O)[C@H](O[C@H]5[C@H](O)[C@@H](NC(C)=O)[C@H](O)O[C@@H]5CO[C@@H]5O[C@@H](C)[C@@H](O)[C@@H](O)[C@@H]5O)O[C@@H]4CO)O[C@H](CO[C@H]4O[C@H](CO)[C@@H](O)[C@H](O)[C@@H]4O[C@@H]4O[C@H](CO)[C@@H](O[C@@H]5O[C@H](CO)[C@@H](O)[C@H](O)[C@H]5O)[C@H](O)[C@H]4NC(C)=O)[C@H]3O)O[C@H](CO)[C@@H](O)[C@@H]2O)O[C@H](CO)[C@@H](O[C@@H]2O[C@H](CO[C@]3(C(=O)O)C[C@H](O)[C@@H](NC(C)=O)[C@H]([C@H](O)[C@H](O)CO)O3)[C@@H](O)[C@H](O)[C@H]2O)[C@@H]1O. The second kappa shape index (κ2) is 50.6. The molecule has 820 valence electrons. The lowest BCUT2D eigenvalue weighted by atomic mass is 9.88. The third-order valence-electron chi connectivity index (χ3n) is 25.9. The predicted molar refractivity (Wildman–Crippen MR) is 436 cm³/mol. The minimum atomic E-state index is -3.12. The van der Waals surface area contributed by atoms with E-state index in [1.165, 1.54) is 6.92 Å². The predicted octanol–water partition coefficient (Wildman–Crippen LogP) is -24.0. The average molecular weight is 2080 g/mol. The van der Waals surface area contributed by atoms with Gasteiger partial charge in [-0.2, -0.15) is 0 Å². The molecule has 11 saturated heterocycles. The first-order valence-corrected chi connectivity index (χ1v) is 45.1. The minimum Gasteiger partial charge on any atom is -0.477 e. The highest BCUT2D eigenvalue weighted by Crippen LogP contribution is 2.43. The van der Waals surface area contributed by atoms with E-state index in [1.807, 2.05) is 0 Å². The van der Waals surface area contributed by atoms with Crippen molar-refractivity contribution in [3.8, 4) is 0 Å². The summed E-state index contributed by atoms with van der Waals surface area (Å²) in [4.78, 5) is 77.5. The van der Waals surface area contributed by atoms with Crippen molar-refractivity contribution >= 4 is 35.5 Å². The maximum Gasteiger partial charge on any atom is 0.364 e. The maximum absolute atomic E-state index is 13.4. The fraction of sp³-hybridized carbons (Fsp3) is 0.924. The van der Waals surface area contributed by atoms with E-state index in [0.717, 1.165) is 34.6 Å². The standard InChI is InChI=1S/C79H131N5O58/c1-18-40(99)51(110)56(115)72(125-18)122-16-34-63(47(106)36(68(119)126-34)81-20(3)93)135-69-37(82-21(4)94)48(107)62(31(14-91)130-69)138-75-59(118)65(46(105)32(133-75)15-123-76-66(54(113)43(102)27(10-87)128-76)140-70-38(83-22(5)95)49(108)60(29(12-89)131-70)136-73-57(116)52(111)42(101)26(9-86)127-73)139-77-67(55(114)44(103)28(11-88)129-77)141-71-39(84-23(6)96)50(109)61(30(13-90)132-71)137-74-58(117)53(112)45(104)33(134-74)17-124-79(78(120)121)7-24(97)35(80-19(2)92)64(142-79)41(100)25(98)8-85/h18,24-77,85-91,97-119H,7-17H2,1-6H3,(H,80,92)(H,81,93)(H,82,94)(H,83,95)(H,84,96)(H,120,121)/t18-,24-,25+,26+,27+,28+,29+,30+,31+,32+,33+,34+,35+,36+,37+,38+,39-,40+,41+,42+,43+,44+,45+,46+,47+,48+,49+,50+,51+,52-,53-,54-,55-,56-,57+,58+,59-,60+,61+,62+,63+,64+,65-,66-,67-,68+,69-,70-,71-,72+,73-,74-,75-,76-,77+,79+/m0/s1. The van der Waals surface area contributed by atoms with Crippen molar-refractivity contribution in [3.05, 3.63) is 0 Å². The van der Waals surface area contributed by atoms with E-state index in [0.29, 0.717) is 0 Å². The molecule has 56 atom stereocenters. The Morgan fingerprint density at radius 2 is 0.620 bits per heavy atom. The summed E-state index contributed by atoms with van der Waals surface area (Å²) in [5, 5.41) is 360. The van der Waals surface area contributed by atoms with Crippen molar-refractivity contribution in [2.45, 2.75) is 391 Å². The number of amides is 5. The molecule has 0 saturated carbocycles. The smallest absolute Gasteiger partial charge is 0.364 e. The molecule has 0 aliphatic carbocycles. The van der Waals surface area contributed by atoms with Gasteiger partial charge in [-0.05, 0) is 6.92 Å². The molecule has 63 heteroatoms. The molecule has 0 unspecified atom stereocenters. The largest absolute Gasteiger partial charge is 0.477 e. The number of carbonyl (C=O) groups excluding carboxylic acids is 5. The Bertz CT molecular complexity index is 4010. The number of nitrogens with one attached hydrogen (secondary N) is 5. The molecule has 0 aromatic rings. The number of aliphatic hydroxyl groups is 30. The molecule has 36 N–H and O–H groups in total. The van der Waals surface area contributed by atoms with Gasteiger partial charge < -0.3 is 284 Å². The zero-order valence-electron chi connectivity index (χ0n) is 76.4. The number of hydrogen-bond acceptors (Lipinski definition) is 57. The van der Waals surface area contributed by atoms with Gasteiger partial charge in [0.2, 0.25) is 29.5 Å². The van der Waals surface area contributed by atoms with Crippen LogP contribution in [0.4, 0.5) is 0 Å². The fourth-order valence-electron chi connectivity index (χ4n) is 18.3. The first-order valence-electron chi connectivity index (χ1n) is 45.1. The molecule has 142 heavy (non-hydrogen) atoms. The minimum absolute atomic E-state index is 0.848. The highest BCUT2D eigenvalue weighted by molar-refractivity contribution is 5.77. The summed E-state index contributed by atoms with van der Waals surface area (Å²) < 4.78 is 125. The van der Waals surface area contributed by atoms with E-state index in [4.69, 9.17) is 99.5 Å². The van der Waals surface area contributed by atoms with E-state index in [2.05, 4.69) is 26.6 Å². The lowest BCUT2D eigenvalue weighted by molar-refractivity contribution is -0.399. The number of rotatable bonds is 38. The number of carbonyl (C=O) groups is 6. The lowest BCUT2D eigenvalue weighted by Gasteiger charge is -2.51. The summed E-state index contributed by atoms with van der Waals surface area (Å²) in [6.07, 6.45) is -110. The van der Waals surface area contributed by atoms with Crippen LogP contribution in [-0.2, 0) is 128 Å². The van der Waals surface area contributed by atoms with Gasteiger partial charge in [-0.1, -0.05) is 0 Å². The maximum atomic E-state index is 13.4. The molecule has 11 aliphatic rings. The van der Waals surface area contributed by atoms with Crippen LogP contribution in [0, 0.1) is 0 Å². The number of hydrogen-bond donors (Lipinski definition) is 36. The van der Waals surface area contributed by atoms with Crippen molar-refractivity contribution in [2.24, 2.45) is 0 Å². The topological polar surface area (TPSA) is 984 Å². The Morgan fingerprint density at radius 3 is 1.05 bits per heavy atom. The molecule has 0 radical (unpaired) electrons. The quantitative estimate of drug-likeness (QED) is 0.0273. The van der Waals surface area contributed by atoms with Crippen LogP contribution in [0.2, 0.25) is 0 Å². The van der Waals surface area contributed by atoms with Crippen LogP contribution in [0.15, 0.2) is 0 Å². The van der Waals surface area contributed by atoms with Gasteiger partial charge in [0, 0.05) is 41.0 Å². The number of aliphatic hydroxyl groups excluding tert-OH is 30. The molecule has 5 amide bonds. The zero-order valence-corrected chi connectivity index (χ0v) is 76.4. The van der Waals surface area contributed by atoms with Gasteiger partial charge in [-0.3, -0.25) is 24.0 Å². The highest BCUT2D eigenvalue weighted by Gasteiger charge is 2.64. The van der Waals surface area contributed by atoms with Crippen molar-refractivity contribution in [1.82, 2.24) is 26.6 Å². The molecule has 11 heterocycles. The van der Waals surface area contributed by atoms with Crippen LogP contribution < -0.4 is 26.6 Å². The molecule has 0 bridgehead atoms. The molecular formula is C79H131N5O58. The number of ether oxygens (including phenoxy) is 21. The summed E-state index contributed by atoms with van der Waals surface area (Å²) >= 11 is 0. The summed E-state index contributed by atoms with van der Waals surface area (Å²) in [6, 6.07) is -9.70. The second-order valence-electron chi connectivity index (χ2n) is 36.0. The number of carboxylic acids is 1.